The number of aryl methyl sites for hydroxylation is 1. The zero-order valence-corrected chi connectivity index (χ0v) is 10.6. The minimum Gasteiger partial charge on any atom is -0.328 e. The Hall–Kier alpha value is -1.69. The van der Waals surface area contributed by atoms with Crippen LogP contribution >= 0.6 is 12.2 Å². The Morgan fingerprint density at radius 3 is 2.76 bits per heavy atom. The first-order valence-corrected chi connectivity index (χ1v) is 5.93. The summed E-state index contributed by atoms with van der Waals surface area (Å²) in [5, 5.41) is 7.52. The predicted octanol–water partition coefficient (Wildman–Crippen LogP) is 0.981. The minimum absolute atomic E-state index is 0.0817. The maximum Gasteiger partial charge on any atom is 0.276 e. The topological polar surface area (TPSA) is 50.2 Å². The number of amides is 1. The third-order valence-electron chi connectivity index (χ3n) is 2.57. The monoisotopic (exact) mass is 250 g/mol. The molecule has 0 bridgehead atoms. The van der Waals surface area contributed by atoms with E-state index >= 15 is 0 Å². The first kappa shape index (κ1) is 11.8. The number of hydrogen-bond acceptors (Lipinski definition) is 3. The average Bonchev–Trinajstić information content (AvgIpc) is 2.86. The molecule has 2 heterocycles. The fourth-order valence-corrected chi connectivity index (χ4v) is 1.97. The van der Waals surface area contributed by atoms with Crippen molar-refractivity contribution in [2.75, 3.05) is 6.54 Å². The van der Waals surface area contributed by atoms with Gasteiger partial charge in [0.15, 0.2) is 5.11 Å². The zero-order valence-electron chi connectivity index (χ0n) is 9.80. The van der Waals surface area contributed by atoms with Crippen LogP contribution in [0.1, 0.15) is 19.4 Å². The molecule has 6 heteroatoms. The fraction of sp³-hybridized carbons (Fsp3) is 0.364. The number of nitrogens with zero attached hydrogens (tertiary/aromatic N) is 3. The van der Waals surface area contributed by atoms with Crippen molar-refractivity contribution in [1.82, 2.24) is 20.0 Å². The molecule has 2 rings (SSSR count). The highest BCUT2D eigenvalue weighted by Crippen LogP contribution is 2.13. The van der Waals surface area contributed by atoms with E-state index in [2.05, 4.69) is 10.4 Å². The molecule has 1 aliphatic heterocycles. The Kier molecular flexibility index (Phi) is 3.23. The second-order valence-corrected chi connectivity index (χ2v) is 4.05. The van der Waals surface area contributed by atoms with E-state index in [1.807, 2.05) is 24.7 Å². The van der Waals surface area contributed by atoms with Crippen molar-refractivity contribution in [2.24, 2.45) is 0 Å². The summed E-state index contributed by atoms with van der Waals surface area (Å²) in [5.74, 6) is -0.0817. The lowest BCUT2D eigenvalue weighted by molar-refractivity contribution is -0.122. The van der Waals surface area contributed by atoms with E-state index in [0.717, 1.165) is 12.1 Å². The summed E-state index contributed by atoms with van der Waals surface area (Å²) < 4.78 is 1.81. The number of likely N-dealkylation sites (N-methyl/N-ethyl adjacent to an activating group) is 1. The Labute approximate surface area is 105 Å². The van der Waals surface area contributed by atoms with Crippen molar-refractivity contribution >= 4 is 29.3 Å². The van der Waals surface area contributed by atoms with Gasteiger partial charge in [-0.15, -0.1) is 0 Å². The van der Waals surface area contributed by atoms with Crippen LogP contribution in [0.15, 0.2) is 18.1 Å². The van der Waals surface area contributed by atoms with Crippen molar-refractivity contribution < 1.29 is 4.79 Å². The summed E-state index contributed by atoms with van der Waals surface area (Å²) in [6.45, 7) is 5.29. The SMILES string of the molecule is CCN1C(=O)/C(=C\c2cnn(CC)c2)NC1=S. The van der Waals surface area contributed by atoms with Gasteiger partial charge in [0.2, 0.25) is 0 Å². The molecule has 90 valence electrons. The van der Waals surface area contributed by atoms with Crippen molar-refractivity contribution in [3.63, 3.8) is 0 Å². The molecule has 0 saturated carbocycles. The van der Waals surface area contributed by atoms with E-state index in [9.17, 15) is 4.79 Å². The molecule has 0 aliphatic carbocycles. The molecule has 1 saturated heterocycles. The molecule has 1 aromatic rings. The number of nitrogens with one attached hydrogen (secondary N) is 1. The standard InChI is InChI=1S/C11H14N4OS/c1-3-14-7-8(6-12-14)5-9-10(16)15(4-2)11(17)13-9/h5-7H,3-4H2,1-2H3,(H,13,17)/b9-5+. The third-order valence-corrected chi connectivity index (χ3v) is 2.89. The van der Waals surface area contributed by atoms with E-state index in [-0.39, 0.29) is 5.91 Å². The van der Waals surface area contributed by atoms with Crippen LogP contribution in [0.5, 0.6) is 0 Å². The molecule has 1 aromatic heterocycles. The summed E-state index contributed by atoms with van der Waals surface area (Å²) >= 11 is 5.07. The average molecular weight is 250 g/mol. The van der Waals surface area contributed by atoms with E-state index in [1.165, 1.54) is 4.90 Å². The van der Waals surface area contributed by atoms with Gasteiger partial charge >= 0.3 is 0 Å². The van der Waals surface area contributed by atoms with E-state index in [0.29, 0.717) is 17.4 Å². The normalized spacial score (nSPS) is 18.0. The highest BCUT2D eigenvalue weighted by atomic mass is 32.1. The second kappa shape index (κ2) is 4.67. The fourth-order valence-electron chi connectivity index (χ4n) is 1.65. The van der Waals surface area contributed by atoms with Crippen LogP contribution in [-0.4, -0.2) is 32.2 Å². The largest absolute Gasteiger partial charge is 0.328 e. The lowest BCUT2D eigenvalue weighted by Gasteiger charge is -2.08. The number of thiocarbonyl (C=S) groups is 1. The summed E-state index contributed by atoms with van der Waals surface area (Å²) in [6.07, 6.45) is 5.38. The first-order chi connectivity index (χ1) is 8.15. The summed E-state index contributed by atoms with van der Waals surface area (Å²) in [4.78, 5) is 13.4. The van der Waals surface area contributed by atoms with E-state index in [1.54, 1.807) is 12.3 Å². The number of carbonyl (C=O) groups excluding carboxylic acids is 1. The predicted molar refractivity (Wildman–Crippen MR) is 69.0 cm³/mol. The smallest absolute Gasteiger partial charge is 0.276 e. The summed E-state index contributed by atoms with van der Waals surface area (Å²) in [7, 11) is 0. The lowest BCUT2D eigenvalue weighted by atomic mass is 10.3. The van der Waals surface area contributed by atoms with Crippen LogP contribution in [0.25, 0.3) is 6.08 Å². The van der Waals surface area contributed by atoms with Gasteiger partial charge in [0.05, 0.1) is 6.20 Å². The first-order valence-electron chi connectivity index (χ1n) is 5.52. The maximum absolute atomic E-state index is 11.9. The molecule has 1 amide bonds. The highest BCUT2D eigenvalue weighted by Gasteiger charge is 2.28. The molecule has 0 radical (unpaired) electrons. The molecular weight excluding hydrogens is 236 g/mol. The van der Waals surface area contributed by atoms with Gasteiger partial charge in [0.25, 0.3) is 5.91 Å². The quantitative estimate of drug-likeness (QED) is 0.642. The van der Waals surface area contributed by atoms with Crippen LogP contribution in [-0.2, 0) is 11.3 Å². The summed E-state index contributed by atoms with van der Waals surface area (Å²) in [6, 6.07) is 0. The van der Waals surface area contributed by atoms with Gasteiger partial charge in [-0.25, -0.2) is 0 Å². The molecule has 0 atom stereocenters. The molecule has 1 aliphatic rings. The van der Waals surface area contributed by atoms with Gasteiger partial charge < -0.3 is 5.32 Å². The van der Waals surface area contributed by atoms with Crippen molar-refractivity contribution in [3.8, 4) is 0 Å². The van der Waals surface area contributed by atoms with Gasteiger partial charge in [-0.3, -0.25) is 14.4 Å². The van der Waals surface area contributed by atoms with Gasteiger partial charge in [0.1, 0.15) is 5.70 Å². The van der Waals surface area contributed by atoms with Gasteiger partial charge in [0, 0.05) is 24.8 Å². The molecular formula is C11H14N4OS. The highest BCUT2D eigenvalue weighted by molar-refractivity contribution is 7.80. The minimum atomic E-state index is -0.0817. The van der Waals surface area contributed by atoms with Crippen LogP contribution in [0, 0.1) is 0 Å². The molecule has 1 fully saturated rings. The van der Waals surface area contributed by atoms with Crippen molar-refractivity contribution in [1.29, 1.82) is 0 Å². The van der Waals surface area contributed by atoms with Crippen LogP contribution in [0.4, 0.5) is 0 Å². The Bertz CT molecular complexity index is 491. The molecule has 5 nitrogen and oxygen atoms in total. The number of aromatic nitrogens is 2. The van der Waals surface area contributed by atoms with Crippen LogP contribution in [0.2, 0.25) is 0 Å². The second-order valence-electron chi connectivity index (χ2n) is 3.67. The van der Waals surface area contributed by atoms with E-state index in [4.69, 9.17) is 12.2 Å². The zero-order chi connectivity index (χ0) is 12.4. The van der Waals surface area contributed by atoms with Crippen molar-refractivity contribution in [3.05, 3.63) is 23.7 Å². The van der Waals surface area contributed by atoms with E-state index < -0.39 is 0 Å². The van der Waals surface area contributed by atoms with Crippen LogP contribution in [0.3, 0.4) is 0 Å². The van der Waals surface area contributed by atoms with Gasteiger partial charge in [-0.1, -0.05) is 0 Å². The summed E-state index contributed by atoms with van der Waals surface area (Å²) in [5.41, 5.74) is 1.40. The molecule has 0 spiro atoms. The van der Waals surface area contributed by atoms with Crippen LogP contribution < -0.4 is 5.32 Å². The molecule has 17 heavy (non-hydrogen) atoms. The molecule has 0 aromatic carbocycles. The molecule has 0 unspecified atom stereocenters. The van der Waals surface area contributed by atoms with Crippen molar-refractivity contribution in [2.45, 2.75) is 20.4 Å². The number of rotatable bonds is 3. The Morgan fingerprint density at radius 2 is 2.24 bits per heavy atom. The Morgan fingerprint density at radius 1 is 1.47 bits per heavy atom. The Balaban J connectivity index is 2.23. The third kappa shape index (κ3) is 2.21. The number of carbonyl (C=O) groups is 1. The van der Waals surface area contributed by atoms with Gasteiger partial charge in [-0.05, 0) is 32.1 Å². The molecule has 1 N–H and O–H groups in total. The lowest BCUT2D eigenvalue weighted by Crippen LogP contribution is -2.30. The number of hydrogen-bond donors (Lipinski definition) is 1. The maximum atomic E-state index is 11.9. The van der Waals surface area contributed by atoms with Gasteiger partial charge in [-0.2, -0.15) is 5.10 Å².